The normalized spacial score (nSPS) is 22.1. The van der Waals surface area contributed by atoms with E-state index < -0.39 is 5.79 Å². The van der Waals surface area contributed by atoms with Crippen molar-refractivity contribution in [1.82, 2.24) is 5.32 Å². The van der Waals surface area contributed by atoms with Crippen molar-refractivity contribution < 1.29 is 9.47 Å². The second-order valence-electron chi connectivity index (χ2n) is 5.48. The fraction of sp³-hybridized carbons (Fsp3) is 0.714. The lowest BCUT2D eigenvalue weighted by Gasteiger charge is -2.36. The van der Waals surface area contributed by atoms with Gasteiger partial charge in [0.05, 0.1) is 19.3 Å². The Kier molecular flexibility index (Phi) is 4.11. The minimum Gasteiger partial charge on any atom is -0.349 e. The Hall–Kier alpha value is -0.420. The molecule has 1 saturated heterocycles. The summed E-state index contributed by atoms with van der Waals surface area (Å²) in [6.07, 6.45) is 0. The lowest BCUT2D eigenvalue weighted by atomic mass is 10.1. The number of rotatable bonds is 3. The second kappa shape index (κ2) is 5.29. The average Bonchev–Trinajstić information content (AvgIpc) is 2.61. The molecule has 1 aromatic rings. The van der Waals surface area contributed by atoms with E-state index in [-0.39, 0.29) is 6.04 Å². The SMILES string of the molecule is Cc1cc(C(C)NC2COC(C)(C)OC2)c(C)s1. The smallest absolute Gasteiger partial charge is 0.162 e. The highest BCUT2D eigenvalue weighted by Crippen LogP contribution is 2.27. The first-order chi connectivity index (χ1) is 8.37. The minimum absolute atomic E-state index is 0.271. The summed E-state index contributed by atoms with van der Waals surface area (Å²) >= 11 is 1.86. The van der Waals surface area contributed by atoms with Crippen LogP contribution in [0.25, 0.3) is 0 Å². The third-order valence-electron chi connectivity index (χ3n) is 3.30. The Balaban J connectivity index is 1.92. The van der Waals surface area contributed by atoms with Crippen LogP contribution in [0, 0.1) is 13.8 Å². The van der Waals surface area contributed by atoms with Crippen molar-refractivity contribution in [2.24, 2.45) is 0 Å². The maximum Gasteiger partial charge on any atom is 0.162 e. The molecular weight excluding hydrogens is 246 g/mol. The monoisotopic (exact) mass is 269 g/mol. The molecule has 1 fully saturated rings. The van der Waals surface area contributed by atoms with Crippen LogP contribution < -0.4 is 5.32 Å². The molecular formula is C14H23NO2S. The lowest BCUT2D eigenvalue weighted by Crippen LogP contribution is -2.49. The molecule has 1 atom stereocenters. The molecule has 0 aromatic carbocycles. The highest BCUT2D eigenvalue weighted by atomic mass is 32.1. The minimum atomic E-state index is -0.434. The van der Waals surface area contributed by atoms with Gasteiger partial charge in [0.2, 0.25) is 0 Å². The van der Waals surface area contributed by atoms with Gasteiger partial charge in [-0.2, -0.15) is 0 Å². The van der Waals surface area contributed by atoms with E-state index in [0.29, 0.717) is 19.3 Å². The molecule has 1 aliphatic rings. The van der Waals surface area contributed by atoms with Gasteiger partial charge in [0.1, 0.15) is 0 Å². The van der Waals surface area contributed by atoms with E-state index in [0.717, 1.165) is 0 Å². The summed E-state index contributed by atoms with van der Waals surface area (Å²) in [7, 11) is 0. The molecule has 0 bridgehead atoms. The van der Waals surface area contributed by atoms with Crippen LogP contribution in [-0.4, -0.2) is 25.0 Å². The number of aryl methyl sites for hydroxylation is 2. The van der Waals surface area contributed by atoms with Crippen molar-refractivity contribution in [3.05, 3.63) is 21.4 Å². The lowest BCUT2D eigenvalue weighted by molar-refractivity contribution is -0.253. The number of thiophene rings is 1. The summed E-state index contributed by atoms with van der Waals surface area (Å²) < 4.78 is 11.3. The molecule has 0 spiro atoms. The van der Waals surface area contributed by atoms with E-state index >= 15 is 0 Å². The molecule has 1 aromatic heterocycles. The number of nitrogens with one attached hydrogen (secondary N) is 1. The van der Waals surface area contributed by atoms with Crippen LogP contribution in [0.15, 0.2) is 6.07 Å². The van der Waals surface area contributed by atoms with Gasteiger partial charge in [0.25, 0.3) is 0 Å². The van der Waals surface area contributed by atoms with Crippen LogP contribution in [0.1, 0.15) is 42.1 Å². The second-order valence-corrected chi connectivity index (χ2v) is 6.94. The molecule has 2 heterocycles. The van der Waals surface area contributed by atoms with Gasteiger partial charge in [-0.05, 0) is 46.2 Å². The average molecular weight is 269 g/mol. The molecule has 18 heavy (non-hydrogen) atoms. The Labute approximate surface area is 113 Å². The summed E-state index contributed by atoms with van der Waals surface area (Å²) in [6.45, 7) is 11.9. The summed E-state index contributed by atoms with van der Waals surface area (Å²) in [6, 6.07) is 2.88. The molecule has 4 heteroatoms. The molecule has 0 saturated carbocycles. The summed E-state index contributed by atoms with van der Waals surface area (Å²) in [5, 5.41) is 3.58. The fourth-order valence-electron chi connectivity index (χ4n) is 2.31. The van der Waals surface area contributed by atoms with Crippen LogP contribution >= 0.6 is 11.3 Å². The summed E-state index contributed by atoms with van der Waals surface area (Å²) in [4.78, 5) is 2.76. The van der Waals surface area contributed by atoms with Crippen molar-refractivity contribution in [3.63, 3.8) is 0 Å². The van der Waals surface area contributed by atoms with Gasteiger partial charge in [0, 0.05) is 15.8 Å². The summed E-state index contributed by atoms with van der Waals surface area (Å²) in [5.74, 6) is -0.434. The highest BCUT2D eigenvalue weighted by molar-refractivity contribution is 7.12. The molecule has 3 nitrogen and oxygen atoms in total. The first kappa shape index (κ1) is 14.0. The van der Waals surface area contributed by atoms with E-state index in [9.17, 15) is 0 Å². The van der Waals surface area contributed by atoms with Gasteiger partial charge < -0.3 is 14.8 Å². The van der Waals surface area contributed by atoms with Gasteiger partial charge in [-0.3, -0.25) is 0 Å². The van der Waals surface area contributed by atoms with Gasteiger partial charge >= 0.3 is 0 Å². The largest absolute Gasteiger partial charge is 0.349 e. The topological polar surface area (TPSA) is 30.5 Å². The number of ether oxygens (including phenoxy) is 2. The van der Waals surface area contributed by atoms with Crippen molar-refractivity contribution in [2.45, 2.75) is 52.5 Å². The van der Waals surface area contributed by atoms with Gasteiger partial charge in [-0.25, -0.2) is 0 Å². The Morgan fingerprint density at radius 3 is 2.44 bits per heavy atom. The molecule has 1 unspecified atom stereocenters. The van der Waals surface area contributed by atoms with Gasteiger partial charge in [0.15, 0.2) is 5.79 Å². The van der Waals surface area contributed by atoms with Crippen LogP contribution in [-0.2, 0) is 9.47 Å². The predicted octanol–water partition coefficient (Wildman–Crippen LogP) is 3.17. The first-order valence-corrected chi connectivity index (χ1v) is 7.30. The van der Waals surface area contributed by atoms with Crippen LogP contribution in [0.4, 0.5) is 0 Å². The Bertz CT molecular complexity index is 404. The van der Waals surface area contributed by atoms with E-state index in [1.165, 1.54) is 15.3 Å². The standard InChI is InChI=1S/C14H23NO2S/c1-9-6-13(11(3)18-9)10(2)15-12-7-16-14(4,5)17-8-12/h6,10,12,15H,7-8H2,1-5H3. The summed E-state index contributed by atoms with van der Waals surface area (Å²) in [5.41, 5.74) is 1.39. The van der Waals surface area contributed by atoms with E-state index in [2.05, 4.69) is 32.2 Å². The van der Waals surface area contributed by atoms with E-state index in [1.54, 1.807) is 0 Å². The van der Waals surface area contributed by atoms with Gasteiger partial charge in [-0.1, -0.05) is 0 Å². The van der Waals surface area contributed by atoms with Crippen LogP contribution in [0.3, 0.4) is 0 Å². The van der Waals surface area contributed by atoms with Crippen molar-refractivity contribution in [2.75, 3.05) is 13.2 Å². The maximum atomic E-state index is 5.67. The first-order valence-electron chi connectivity index (χ1n) is 6.48. The Morgan fingerprint density at radius 2 is 1.94 bits per heavy atom. The molecule has 0 radical (unpaired) electrons. The van der Waals surface area contributed by atoms with E-state index in [1.807, 2.05) is 25.2 Å². The number of hydrogen-bond acceptors (Lipinski definition) is 4. The molecule has 1 aliphatic heterocycles. The zero-order chi connectivity index (χ0) is 13.3. The highest BCUT2D eigenvalue weighted by Gasteiger charge is 2.29. The van der Waals surface area contributed by atoms with Crippen molar-refractivity contribution >= 4 is 11.3 Å². The Morgan fingerprint density at radius 1 is 1.33 bits per heavy atom. The predicted molar refractivity (Wildman–Crippen MR) is 75.1 cm³/mol. The zero-order valence-electron chi connectivity index (χ0n) is 11.9. The van der Waals surface area contributed by atoms with Crippen LogP contribution in [0.5, 0.6) is 0 Å². The molecule has 0 amide bonds. The van der Waals surface area contributed by atoms with Crippen molar-refractivity contribution in [3.8, 4) is 0 Å². The van der Waals surface area contributed by atoms with Gasteiger partial charge in [-0.15, -0.1) is 11.3 Å². The molecule has 102 valence electrons. The molecule has 0 aliphatic carbocycles. The number of hydrogen-bond donors (Lipinski definition) is 1. The maximum absolute atomic E-state index is 5.67. The van der Waals surface area contributed by atoms with Crippen molar-refractivity contribution in [1.29, 1.82) is 0 Å². The zero-order valence-corrected chi connectivity index (χ0v) is 12.7. The molecule has 1 N–H and O–H groups in total. The quantitative estimate of drug-likeness (QED) is 0.914. The fourth-order valence-corrected chi connectivity index (χ4v) is 3.33. The third-order valence-corrected chi connectivity index (χ3v) is 4.28. The van der Waals surface area contributed by atoms with Crippen LogP contribution in [0.2, 0.25) is 0 Å². The molecule has 2 rings (SSSR count). The third kappa shape index (κ3) is 3.32. The van der Waals surface area contributed by atoms with E-state index in [4.69, 9.17) is 9.47 Å².